The SMILES string of the molecule is Cc1cc(Br)c(N=C(N/N=C/C=C/c2ccccc2)c2ccc3ccccc3n2)c(Br)c1. The number of amidine groups is 1. The summed E-state index contributed by atoms with van der Waals surface area (Å²) in [6, 6.07) is 26.1. The van der Waals surface area contributed by atoms with Crippen molar-refractivity contribution in [2.45, 2.75) is 6.92 Å². The molecule has 0 bridgehead atoms. The smallest absolute Gasteiger partial charge is 0.173 e. The molecule has 6 heteroatoms. The van der Waals surface area contributed by atoms with Gasteiger partial charge in [0, 0.05) is 20.5 Å². The highest BCUT2D eigenvalue weighted by atomic mass is 79.9. The number of benzene rings is 3. The van der Waals surface area contributed by atoms with Crippen molar-refractivity contribution >= 4 is 66.6 Å². The zero-order valence-electron chi connectivity index (χ0n) is 17.3. The molecule has 1 aromatic heterocycles. The molecule has 0 unspecified atom stereocenters. The fourth-order valence-electron chi connectivity index (χ4n) is 3.11. The number of aryl methyl sites for hydroxylation is 1. The molecule has 4 nitrogen and oxygen atoms in total. The molecule has 0 aliphatic rings. The van der Waals surface area contributed by atoms with E-state index in [1.807, 2.05) is 97.9 Å². The number of rotatable bonds is 5. The number of nitrogens with zero attached hydrogens (tertiary/aromatic N) is 3. The minimum atomic E-state index is 0.547. The molecule has 4 aromatic rings. The van der Waals surface area contributed by atoms with Gasteiger partial charge in [-0.05, 0) is 80.3 Å². The van der Waals surface area contributed by atoms with Gasteiger partial charge < -0.3 is 0 Å². The summed E-state index contributed by atoms with van der Waals surface area (Å²) < 4.78 is 1.77. The lowest BCUT2D eigenvalue weighted by atomic mass is 10.2. The summed E-state index contributed by atoms with van der Waals surface area (Å²) in [6.07, 6.45) is 5.57. The minimum Gasteiger partial charge on any atom is -0.260 e. The van der Waals surface area contributed by atoms with E-state index in [1.165, 1.54) is 0 Å². The van der Waals surface area contributed by atoms with Gasteiger partial charge in [-0.1, -0.05) is 60.7 Å². The first-order valence-corrected chi connectivity index (χ1v) is 11.6. The molecule has 0 amide bonds. The predicted molar refractivity (Wildman–Crippen MR) is 142 cm³/mol. The van der Waals surface area contributed by atoms with E-state index >= 15 is 0 Å². The number of nitrogens with one attached hydrogen (secondary N) is 1. The Morgan fingerprint density at radius 2 is 1.62 bits per heavy atom. The molecular weight excluding hydrogens is 528 g/mol. The van der Waals surface area contributed by atoms with Crippen LogP contribution in [0.4, 0.5) is 5.69 Å². The summed E-state index contributed by atoms with van der Waals surface area (Å²) in [5, 5.41) is 5.42. The minimum absolute atomic E-state index is 0.547. The van der Waals surface area contributed by atoms with Gasteiger partial charge in [0.15, 0.2) is 5.84 Å². The lowest BCUT2D eigenvalue weighted by Gasteiger charge is -2.09. The molecule has 0 saturated carbocycles. The van der Waals surface area contributed by atoms with Crippen molar-refractivity contribution in [1.29, 1.82) is 0 Å². The van der Waals surface area contributed by atoms with Crippen molar-refractivity contribution in [1.82, 2.24) is 10.4 Å². The summed E-state index contributed by atoms with van der Waals surface area (Å²) in [4.78, 5) is 9.62. The summed E-state index contributed by atoms with van der Waals surface area (Å²) in [7, 11) is 0. The van der Waals surface area contributed by atoms with Crippen molar-refractivity contribution in [3.05, 3.63) is 111 Å². The number of aliphatic imine (C=N–C) groups is 1. The molecule has 4 rings (SSSR count). The summed E-state index contributed by atoms with van der Waals surface area (Å²) in [6.45, 7) is 2.04. The van der Waals surface area contributed by atoms with Crippen LogP contribution in [0, 0.1) is 6.92 Å². The second-order valence-corrected chi connectivity index (χ2v) is 8.80. The standard InChI is InChI=1S/C26H20Br2N4/c1-18-16-21(27)25(22(28)17-18)31-26(24-14-13-20-11-5-6-12-23(20)30-24)32-29-15-7-10-19-8-3-2-4-9-19/h2-17H,1H3,(H,31,32)/b10-7+,29-15+. The average Bonchev–Trinajstić information content (AvgIpc) is 2.80. The van der Waals surface area contributed by atoms with Crippen LogP contribution in [0.1, 0.15) is 16.8 Å². The number of aromatic nitrogens is 1. The number of fused-ring (bicyclic) bond motifs is 1. The topological polar surface area (TPSA) is 49.6 Å². The van der Waals surface area contributed by atoms with Gasteiger partial charge in [0.25, 0.3) is 0 Å². The molecule has 32 heavy (non-hydrogen) atoms. The van der Waals surface area contributed by atoms with Crippen LogP contribution in [0.25, 0.3) is 17.0 Å². The van der Waals surface area contributed by atoms with Gasteiger partial charge in [0.05, 0.1) is 11.2 Å². The van der Waals surface area contributed by atoms with Crippen molar-refractivity contribution in [2.75, 3.05) is 0 Å². The van der Waals surface area contributed by atoms with Gasteiger partial charge in [0.2, 0.25) is 0 Å². The van der Waals surface area contributed by atoms with Gasteiger partial charge >= 0.3 is 0 Å². The zero-order valence-corrected chi connectivity index (χ0v) is 20.5. The van der Waals surface area contributed by atoms with E-state index in [0.29, 0.717) is 11.5 Å². The number of allylic oxidation sites excluding steroid dienone is 1. The maximum Gasteiger partial charge on any atom is 0.173 e. The normalized spacial score (nSPS) is 12.2. The molecule has 3 aromatic carbocycles. The van der Waals surface area contributed by atoms with Crippen LogP contribution < -0.4 is 5.43 Å². The van der Waals surface area contributed by atoms with E-state index in [4.69, 9.17) is 9.98 Å². The van der Waals surface area contributed by atoms with Crippen LogP contribution in [0.2, 0.25) is 0 Å². The highest BCUT2D eigenvalue weighted by molar-refractivity contribution is 9.11. The Hall–Kier alpha value is -3.09. The van der Waals surface area contributed by atoms with Crippen LogP contribution in [0.3, 0.4) is 0 Å². The fourth-order valence-corrected chi connectivity index (χ4v) is 4.70. The van der Waals surface area contributed by atoms with Gasteiger partial charge in [0.1, 0.15) is 5.69 Å². The lowest BCUT2D eigenvalue weighted by Crippen LogP contribution is -2.20. The van der Waals surface area contributed by atoms with Crippen LogP contribution in [-0.4, -0.2) is 17.0 Å². The molecule has 0 radical (unpaired) electrons. The van der Waals surface area contributed by atoms with Crippen molar-refractivity contribution in [3.8, 4) is 0 Å². The maximum atomic E-state index is 4.84. The number of hydrogen-bond donors (Lipinski definition) is 1. The van der Waals surface area contributed by atoms with E-state index in [1.54, 1.807) is 6.21 Å². The number of para-hydroxylation sites is 1. The van der Waals surface area contributed by atoms with Gasteiger partial charge in [-0.2, -0.15) is 5.10 Å². The molecule has 1 N–H and O–H groups in total. The Kier molecular flexibility index (Phi) is 7.24. The average molecular weight is 548 g/mol. The molecule has 1 heterocycles. The summed E-state index contributed by atoms with van der Waals surface area (Å²) >= 11 is 7.25. The first-order valence-electron chi connectivity index (χ1n) is 10.0. The Labute approximate surface area is 204 Å². The molecule has 0 saturated heterocycles. The van der Waals surface area contributed by atoms with Crippen molar-refractivity contribution in [3.63, 3.8) is 0 Å². The lowest BCUT2D eigenvalue weighted by molar-refractivity contribution is 1.02. The number of hydrazone groups is 1. The molecule has 0 fully saturated rings. The third kappa shape index (κ3) is 5.58. The van der Waals surface area contributed by atoms with E-state index in [0.717, 1.165) is 36.7 Å². The van der Waals surface area contributed by atoms with Gasteiger partial charge in [-0.15, -0.1) is 0 Å². The Morgan fingerprint density at radius 1 is 0.906 bits per heavy atom. The number of pyridine rings is 1. The molecule has 0 atom stereocenters. The van der Waals surface area contributed by atoms with E-state index < -0.39 is 0 Å². The van der Waals surface area contributed by atoms with Crippen molar-refractivity contribution < 1.29 is 0 Å². The van der Waals surface area contributed by atoms with Crippen LogP contribution in [0.15, 0.2) is 104 Å². The van der Waals surface area contributed by atoms with Gasteiger partial charge in [-0.3, -0.25) is 5.43 Å². The predicted octanol–water partition coefficient (Wildman–Crippen LogP) is 7.44. The number of hydrogen-bond acceptors (Lipinski definition) is 3. The highest BCUT2D eigenvalue weighted by Gasteiger charge is 2.11. The Morgan fingerprint density at radius 3 is 2.41 bits per heavy atom. The second-order valence-electron chi connectivity index (χ2n) is 7.09. The first-order chi connectivity index (χ1) is 15.6. The van der Waals surface area contributed by atoms with E-state index in [2.05, 4.69) is 42.4 Å². The largest absolute Gasteiger partial charge is 0.260 e. The molecule has 0 aliphatic carbocycles. The highest BCUT2D eigenvalue weighted by Crippen LogP contribution is 2.35. The van der Waals surface area contributed by atoms with Gasteiger partial charge in [-0.25, -0.2) is 9.98 Å². The van der Waals surface area contributed by atoms with Crippen molar-refractivity contribution in [2.24, 2.45) is 10.1 Å². The molecule has 0 spiro atoms. The van der Waals surface area contributed by atoms with Crippen LogP contribution in [0.5, 0.6) is 0 Å². The first kappa shape index (κ1) is 22.1. The summed E-state index contributed by atoms with van der Waals surface area (Å²) in [5.74, 6) is 0.547. The molecule has 158 valence electrons. The van der Waals surface area contributed by atoms with E-state index in [9.17, 15) is 0 Å². The Balaban J connectivity index is 1.67. The fraction of sp³-hybridized carbons (Fsp3) is 0.0385. The van der Waals surface area contributed by atoms with Crippen LogP contribution in [-0.2, 0) is 0 Å². The van der Waals surface area contributed by atoms with E-state index in [-0.39, 0.29) is 0 Å². The Bertz CT molecular complexity index is 1310. The molecule has 0 aliphatic heterocycles. The summed E-state index contributed by atoms with van der Waals surface area (Å²) in [5.41, 5.74) is 7.67. The number of halogens is 2. The third-order valence-electron chi connectivity index (χ3n) is 4.65. The zero-order chi connectivity index (χ0) is 22.3. The second kappa shape index (κ2) is 10.5. The molecular formula is C26H20Br2N4. The monoisotopic (exact) mass is 546 g/mol. The third-order valence-corrected chi connectivity index (χ3v) is 5.85. The quantitative estimate of drug-likeness (QED) is 0.160. The van der Waals surface area contributed by atoms with Crippen LogP contribution >= 0.6 is 31.9 Å². The maximum absolute atomic E-state index is 4.84.